The number of hydrogen-bond donors (Lipinski definition) is 0. The summed E-state index contributed by atoms with van der Waals surface area (Å²) in [6, 6.07) is 29.3. The number of nitrogens with zero attached hydrogens (tertiary/aromatic N) is 3. The molecule has 3 aromatic carbocycles. The van der Waals surface area contributed by atoms with Crippen molar-refractivity contribution in [2.75, 3.05) is 0 Å². The van der Waals surface area contributed by atoms with Crippen LogP contribution >= 0.6 is 11.3 Å². The lowest BCUT2D eigenvalue weighted by atomic mass is 10.0. The lowest BCUT2D eigenvalue weighted by Crippen LogP contribution is -1.94. The van der Waals surface area contributed by atoms with Crippen molar-refractivity contribution in [3.8, 4) is 33.8 Å². The highest BCUT2D eigenvalue weighted by Crippen LogP contribution is 2.36. The van der Waals surface area contributed by atoms with Crippen molar-refractivity contribution in [2.45, 2.75) is 0 Å². The third-order valence-electron chi connectivity index (χ3n) is 5.47. The monoisotopic (exact) mass is 415 g/mol. The zero-order valence-electron chi connectivity index (χ0n) is 16.6. The molecule has 0 unspecified atom stereocenters. The summed E-state index contributed by atoms with van der Waals surface area (Å²) in [4.78, 5) is 13.8. The first-order chi connectivity index (χ1) is 15.4. The molecule has 0 aliphatic rings. The average molecular weight is 416 g/mol. The quantitative estimate of drug-likeness (QED) is 0.306. The van der Waals surface area contributed by atoms with Crippen molar-refractivity contribution >= 4 is 31.5 Å². The van der Waals surface area contributed by atoms with Crippen LogP contribution in [0.1, 0.15) is 0 Å². The second kappa shape index (κ2) is 7.42. The number of fused-ring (bicyclic) bond motifs is 3. The van der Waals surface area contributed by atoms with E-state index in [2.05, 4.69) is 70.6 Å². The van der Waals surface area contributed by atoms with Crippen LogP contribution in [-0.4, -0.2) is 15.0 Å². The van der Waals surface area contributed by atoms with Crippen LogP contribution in [0.2, 0.25) is 0 Å². The molecule has 3 heterocycles. The Morgan fingerprint density at radius 2 is 1.45 bits per heavy atom. The molecule has 0 aliphatic carbocycles. The SMILES string of the molecule is c1cncc(-c2ccccc2-c2nccc(-c3ccc4c(c3)sc3ccccc34)n2)c1. The molecule has 0 saturated carbocycles. The van der Waals surface area contributed by atoms with E-state index >= 15 is 0 Å². The smallest absolute Gasteiger partial charge is 0.160 e. The molecule has 3 aromatic heterocycles. The molecular weight excluding hydrogens is 398 g/mol. The van der Waals surface area contributed by atoms with Crippen LogP contribution in [0.15, 0.2) is 104 Å². The van der Waals surface area contributed by atoms with Crippen LogP contribution < -0.4 is 0 Å². The highest BCUT2D eigenvalue weighted by atomic mass is 32.1. The van der Waals surface area contributed by atoms with Crippen LogP contribution in [0.3, 0.4) is 0 Å². The molecule has 0 bridgehead atoms. The Hall–Kier alpha value is -3.89. The van der Waals surface area contributed by atoms with E-state index in [0.29, 0.717) is 5.82 Å². The Kier molecular flexibility index (Phi) is 4.29. The molecule has 6 aromatic rings. The van der Waals surface area contributed by atoms with E-state index in [1.807, 2.05) is 48.0 Å². The Balaban J connectivity index is 1.47. The Bertz CT molecular complexity index is 1540. The first-order valence-electron chi connectivity index (χ1n) is 10.1. The minimum atomic E-state index is 0.716. The second-order valence-corrected chi connectivity index (χ2v) is 8.45. The molecule has 0 saturated heterocycles. The van der Waals surface area contributed by atoms with Crippen molar-refractivity contribution in [1.29, 1.82) is 0 Å². The van der Waals surface area contributed by atoms with Gasteiger partial charge in [-0.1, -0.05) is 60.7 Å². The van der Waals surface area contributed by atoms with Gasteiger partial charge in [0.1, 0.15) is 0 Å². The van der Waals surface area contributed by atoms with Crippen molar-refractivity contribution in [3.05, 3.63) is 104 Å². The van der Waals surface area contributed by atoms with Gasteiger partial charge in [-0.3, -0.25) is 4.98 Å². The van der Waals surface area contributed by atoms with E-state index in [1.54, 1.807) is 6.20 Å². The third kappa shape index (κ3) is 3.18. The fourth-order valence-electron chi connectivity index (χ4n) is 3.99. The highest BCUT2D eigenvalue weighted by molar-refractivity contribution is 7.25. The number of rotatable bonds is 3. The summed E-state index contributed by atoms with van der Waals surface area (Å²) in [6.07, 6.45) is 5.50. The van der Waals surface area contributed by atoms with Crippen molar-refractivity contribution in [2.24, 2.45) is 0 Å². The number of aromatic nitrogens is 3. The van der Waals surface area contributed by atoms with Gasteiger partial charge < -0.3 is 0 Å². The Morgan fingerprint density at radius 1 is 0.613 bits per heavy atom. The summed E-state index contributed by atoms with van der Waals surface area (Å²) in [5.41, 5.74) is 5.15. The van der Waals surface area contributed by atoms with Gasteiger partial charge in [0.05, 0.1) is 5.69 Å². The molecule has 0 aliphatic heterocycles. The minimum absolute atomic E-state index is 0.716. The van der Waals surface area contributed by atoms with E-state index in [4.69, 9.17) is 4.98 Å². The van der Waals surface area contributed by atoms with E-state index in [9.17, 15) is 0 Å². The molecule has 0 amide bonds. The standard InChI is InChI=1S/C27H17N3S/c1-2-9-23(20(7-1)19-6-5-14-28-17-19)27-29-15-13-24(30-27)18-11-12-22-21-8-3-4-10-25(21)31-26(22)16-18/h1-17H. The van der Waals surface area contributed by atoms with Crippen LogP contribution in [0, 0.1) is 0 Å². The summed E-state index contributed by atoms with van der Waals surface area (Å²) >= 11 is 1.82. The lowest BCUT2D eigenvalue weighted by molar-refractivity contribution is 1.18. The molecule has 146 valence electrons. The van der Waals surface area contributed by atoms with Gasteiger partial charge in [-0.05, 0) is 29.8 Å². The second-order valence-electron chi connectivity index (χ2n) is 7.36. The topological polar surface area (TPSA) is 38.7 Å². The van der Waals surface area contributed by atoms with Crippen LogP contribution in [0.25, 0.3) is 53.9 Å². The maximum Gasteiger partial charge on any atom is 0.160 e. The summed E-state index contributed by atoms with van der Waals surface area (Å²) in [7, 11) is 0. The predicted octanol–water partition coefficient (Wildman–Crippen LogP) is 7.24. The van der Waals surface area contributed by atoms with Crippen LogP contribution in [0.4, 0.5) is 0 Å². The van der Waals surface area contributed by atoms with Gasteiger partial charge in [0.25, 0.3) is 0 Å². The van der Waals surface area contributed by atoms with E-state index in [1.165, 1.54) is 20.2 Å². The lowest BCUT2D eigenvalue weighted by Gasteiger charge is -2.09. The molecule has 0 spiro atoms. The van der Waals surface area contributed by atoms with E-state index in [-0.39, 0.29) is 0 Å². The number of hydrogen-bond acceptors (Lipinski definition) is 4. The maximum absolute atomic E-state index is 4.93. The molecule has 0 atom stereocenters. The number of pyridine rings is 1. The minimum Gasteiger partial charge on any atom is -0.264 e. The normalized spacial score (nSPS) is 11.2. The molecular formula is C27H17N3S. The van der Waals surface area contributed by atoms with Gasteiger partial charge >= 0.3 is 0 Å². The number of benzene rings is 3. The van der Waals surface area contributed by atoms with E-state index in [0.717, 1.165) is 27.9 Å². The highest BCUT2D eigenvalue weighted by Gasteiger charge is 2.12. The molecule has 4 heteroatoms. The Labute approximate surface area is 183 Å². The van der Waals surface area contributed by atoms with E-state index < -0.39 is 0 Å². The van der Waals surface area contributed by atoms with Crippen LogP contribution in [-0.2, 0) is 0 Å². The molecule has 0 radical (unpaired) electrons. The molecule has 6 rings (SSSR count). The van der Waals surface area contributed by atoms with Gasteiger partial charge in [0, 0.05) is 55.5 Å². The first-order valence-corrected chi connectivity index (χ1v) is 10.9. The zero-order chi connectivity index (χ0) is 20.6. The first kappa shape index (κ1) is 17.9. The largest absolute Gasteiger partial charge is 0.264 e. The van der Waals surface area contributed by atoms with Crippen molar-refractivity contribution in [1.82, 2.24) is 15.0 Å². The summed E-state index contributed by atoms with van der Waals surface area (Å²) < 4.78 is 2.58. The maximum atomic E-state index is 4.93. The van der Waals surface area contributed by atoms with Gasteiger partial charge in [-0.2, -0.15) is 0 Å². The van der Waals surface area contributed by atoms with Crippen LogP contribution in [0.5, 0.6) is 0 Å². The molecule has 3 nitrogen and oxygen atoms in total. The summed E-state index contributed by atoms with van der Waals surface area (Å²) in [5, 5.41) is 2.60. The predicted molar refractivity (Wildman–Crippen MR) is 129 cm³/mol. The summed E-state index contributed by atoms with van der Waals surface area (Å²) in [6.45, 7) is 0. The zero-order valence-corrected chi connectivity index (χ0v) is 17.4. The average Bonchev–Trinajstić information content (AvgIpc) is 3.22. The van der Waals surface area contributed by atoms with Crippen molar-refractivity contribution < 1.29 is 0 Å². The molecule has 31 heavy (non-hydrogen) atoms. The molecule has 0 fully saturated rings. The third-order valence-corrected chi connectivity index (χ3v) is 6.60. The Morgan fingerprint density at radius 3 is 2.35 bits per heavy atom. The number of thiophene rings is 1. The molecule has 0 N–H and O–H groups in total. The van der Waals surface area contributed by atoms with Gasteiger partial charge in [-0.15, -0.1) is 11.3 Å². The van der Waals surface area contributed by atoms with Gasteiger partial charge in [0.15, 0.2) is 5.82 Å². The fourth-order valence-corrected chi connectivity index (χ4v) is 5.13. The van der Waals surface area contributed by atoms with Gasteiger partial charge in [-0.25, -0.2) is 9.97 Å². The fraction of sp³-hybridized carbons (Fsp3) is 0. The van der Waals surface area contributed by atoms with Crippen molar-refractivity contribution in [3.63, 3.8) is 0 Å². The summed E-state index contributed by atoms with van der Waals surface area (Å²) in [5.74, 6) is 0.716. The van der Waals surface area contributed by atoms with Gasteiger partial charge in [0.2, 0.25) is 0 Å².